The largest absolute Gasteiger partial charge is 0.354 e. The first-order chi connectivity index (χ1) is 12.7. The molecule has 1 aromatic rings. The van der Waals surface area contributed by atoms with Gasteiger partial charge in [-0.05, 0) is 45.1 Å². The van der Waals surface area contributed by atoms with E-state index < -0.39 is 0 Å². The Morgan fingerprint density at radius 1 is 1.23 bits per heavy atom. The second-order valence-electron chi connectivity index (χ2n) is 8.41. The van der Waals surface area contributed by atoms with Crippen LogP contribution in [0.1, 0.15) is 57.4 Å². The second-order valence-corrected chi connectivity index (χ2v) is 8.41. The summed E-state index contributed by atoms with van der Waals surface area (Å²) in [5.74, 6) is 1.11. The van der Waals surface area contributed by atoms with Crippen LogP contribution in [0.15, 0.2) is 12.4 Å². The zero-order valence-corrected chi connectivity index (χ0v) is 15.9. The lowest BCUT2D eigenvalue weighted by atomic mass is 9.73. The minimum Gasteiger partial charge on any atom is -0.354 e. The van der Waals surface area contributed by atoms with Gasteiger partial charge in [-0.25, -0.2) is 9.97 Å². The van der Waals surface area contributed by atoms with Gasteiger partial charge in [0.1, 0.15) is 0 Å². The fourth-order valence-corrected chi connectivity index (χ4v) is 4.56. The Hall–Kier alpha value is -1.69. The molecule has 1 aromatic heterocycles. The summed E-state index contributed by atoms with van der Waals surface area (Å²) in [5, 5.41) is 3.22. The predicted molar refractivity (Wildman–Crippen MR) is 102 cm³/mol. The van der Waals surface area contributed by atoms with Crippen molar-refractivity contribution in [2.75, 3.05) is 31.5 Å². The van der Waals surface area contributed by atoms with Gasteiger partial charge < -0.3 is 10.2 Å². The standard InChI is InChI=1S/C20H31N5O/c1-2-9-21-19-22-11-16(12-23-19)13-24-10-3-7-20(14-24)8-6-18(26)25(15-20)17-4-5-17/h11-12,17H,2-10,13-15H2,1H3,(H,21,22,23). The molecular formula is C20H31N5O. The Labute approximate surface area is 156 Å². The molecule has 0 aromatic carbocycles. The summed E-state index contributed by atoms with van der Waals surface area (Å²) in [7, 11) is 0. The van der Waals surface area contributed by atoms with Crippen LogP contribution in [0.4, 0.5) is 5.95 Å². The lowest BCUT2D eigenvalue weighted by molar-refractivity contribution is -0.140. The maximum Gasteiger partial charge on any atom is 0.222 e. The third-order valence-corrected chi connectivity index (χ3v) is 6.07. The number of nitrogens with zero attached hydrogens (tertiary/aromatic N) is 4. The molecule has 0 bridgehead atoms. The van der Waals surface area contributed by atoms with E-state index in [-0.39, 0.29) is 0 Å². The molecular weight excluding hydrogens is 326 g/mol. The van der Waals surface area contributed by atoms with Crippen molar-refractivity contribution in [1.29, 1.82) is 0 Å². The van der Waals surface area contributed by atoms with Crippen molar-refractivity contribution in [3.05, 3.63) is 18.0 Å². The molecule has 4 rings (SSSR count). The number of hydrogen-bond donors (Lipinski definition) is 1. The molecule has 3 fully saturated rings. The van der Waals surface area contributed by atoms with E-state index in [0.29, 0.717) is 17.4 Å². The Bertz CT molecular complexity index is 630. The molecule has 1 amide bonds. The van der Waals surface area contributed by atoms with Crippen molar-refractivity contribution in [2.24, 2.45) is 5.41 Å². The zero-order valence-electron chi connectivity index (χ0n) is 15.9. The van der Waals surface area contributed by atoms with E-state index in [9.17, 15) is 4.79 Å². The van der Waals surface area contributed by atoms with Crippen LogP contribution in [0.25, 0.3) is 0 Å². The van der Waals surface area contributed by atoms with Gasteiger partial charge in [0.2, 0.25) is 11.9 Å². The number of carbonyl (C=O) groups excluding carboxylic acids is 1. The molecule has 1 atom stereocenters. The summed E-state index contributed by atoms with van der Waals surface area (Å²) in [6.45, 7) is 7.16. The van der Waals surface area contributed by atoms with Gasteiger partial charge in [-0.3, -0.25) is 9.69 Å². The maximum absolute atomic E-state index is 12.3. The average molecular weight is 358 g/mol. The van der Waals surface area contributed by atoms with Crippen LogP contribution in [0, 0.1) is 5.41 Å². The molecule has 1 saturated carbocycles. The molecule has 1 unspecified atom stereocenters. The molecule has 3 aliphatic rings. The third kappa shape index (κ3) is 4.00. The van der Waals surface area contributed by atoms with E-state index in [1.165, 1.54) is 31.2 Å². The van der Waals surface area contributed by atoms with Crippen molar-refractivity contribution in [3.63, 3.8) is 0 Å². The van der Waals surface area contributed by atoms with Gasteiger partial charge in [0, 0.05) is 62.0 Å². The van der Waals surface area contributed by atoms with Gasteiger partial charge in [0.15, 0.2) is 0 Å². The molecule has 26 heavy (non-hydrogen) atoms. The average Bonchev–Trinajstić information content (AvgIpc) is 3.49. The van der Waals surface area contributed by atoms with Gasteiger partial charge >= 0.3 is 0 Å². The molecule has 142 valence electrons. The number of amides is 1. The SMILES string of the molecule is CCCNc1ncc(CN2CCCC3(CCC(=O)N(C4CC4)C3)C2)cn1. The first kappa shape index (κ1) is 17.7. The van der Waals surface area contributed by atoms with Gasteiger partial charge in [-0.15, -0.1) is 0 Å². The van der Waals surface area contributed by atoms with Crippen LogP contribution >= 0.6 is 0 Å². The van der Waals surface area contributed by atoms with Gasteiger partial charge in [0.25, 0.3) is 0 Å². The normalized spacial score (nSPS) is 27.1. The topological polar surface area (TPSA) is 61.4 Å². The highest BCUT2D eigenvalue weighted by molar-refractivity contribution is 5.78. The molecule has 0 radical (unpaired) electrons. The van der Waals surface area contributed by atoms with E-state index in [2.05, 4.69) is 32.0 Å². The smallest absolute Gasteiger partial charge is 0.222 e. The number of rotatable bonds is 6. The van der Waals surface area contributed by atoms with Crippen LogP contribution in [-0.4, -0.2) is 57.9 Å². The highest BCUT2D eigenvalue weighted by atomic mass is 16.2. The number of piperidine rings is 2. The number of aromatic nitrogens is 2. The van der Waals surface area contributed by atoms with Crippen molar-refractivity contribution in [1.82, 2.24) is 19.8 Å². The van der Waals surface area contributed by atoms with Crippen molar-refractivity contribution < 1.29 is 4.79 Å². The van der Waals surface area contributed by atoms with Crippen LogP contribution in [0.3, 0.4) is 0 Å². The fraction of sp³-hybridized carbons (Fsp3) is 0.750. The Morgan fingerprint density at radius 2 is 2.04 bits per heavy atom. The van der Waals surface area contributed by atoms with E-state index >= 15 is 0 Å². The van der Waals surface area contributed by atoms with Crippen LogP contribution in [0.2, 0.25) is 0 Å². The van der Waals surface area contributed by atoms with E-state index in [1.807, 2.05) is 12.4 Å². The number of anilines is 1. The van der Waals surface area contributed by atoms with Crippen molar-refractivity contribution in [3.8, 4) is 0 Å². The summed E-state index contributed by atoms with van der Waals surface area (Å²) in [6, 6.07) is 0.548. The minimum absolute atomic E-state index is 0.304. The number of likely N-dealkylation sites (tertiary alicyclic amines) is 2. The molecule has 6 heteroatoms. The number of hydrogen-bond acceptors (Lipinski definition) is 5. The minimum atomic E-state index is 0.304. The second kappa shape index (κ2) is 7.51. The molecule has 1 spiro atoms. The van der Waals surface area contributed by atoms with Crippen molar-refractivity contribution in [2.45, 2.75) is 64.5 Å². The molecule has 2 aliphatic heterocycles. The summed E-state index contributed by atoms with van der Waals surface area (Å²) in [5.41, 5.74) is 1.48. The van der Waals surface area contributed by atoms with E-state index in [4.69, 9.17) is 0 Å². The summed E-state index contributed by atoms with van der Waals surface area (Å²) in [6.07, 6.45) is 11.7. The van der Waals surface area contributed by atoms with Crippen molar-refractivity contribution >= 4 is 11.9 Å². The number of nitrogens with one attached hydrogen (secondary N) is 1. The number of carbonyl (C=O) groups is 1. The van der Waals surface area contributed by atoms with Crippen LogP contribution in [0.5, 0.6) is 0 Å². The Balaban J connectivity index is 1.36. The monoisotopic (exact) mass is 357 g/mol. The summed E-state index contributed by atoms with van der Waals surface area (Å²) >= 11 is 0. The first-order valence-corrected chi connectivity index (χ1v) is 10.2. The van der Waals surface area contributed by atoms with Gasteiger partial charge in [-0.1, -0.05) is 6.92 Å². The van der Waals surface area contributed by atoms with Crippen LogP contribution < -0.4 is 5.32 Å². The Morgan fingerprint density at radius 3 is 2.77 bits per heavy atom. The third-order valence-electron chi connectivity index (χ3n) is 6.07. The van der Waals surface area contributed by atoms with E-state index in [0.717, 1.165) is 57.9 Å². The summed E-state index contributed by atoms with van der Waals surface area (Å²) < 4.78 is 0. The summed E-state index contributed by atoms with van der Waals surface area (Å²) in [4.78, 5) is 25.9. The lowest BCUT2D eigenvalue weighted by Crippen LogP contribution is -2.54. The molecule has 2 saturated heterocycles. The fourth-order valence-electron chi connectivity index (χ4n) is 4.56. The van der Waals surface area contributed by atoms with Gasteiger partial charge in [-0.2, -0.15) is 0 Å². The maximum atomic E-state index is 12.3. The zero-order chi connectivity index (χ0) is 18.0. The Kier molecular flexibility index (Phi) is 5.11. The lowest BCUT2D eigenvalue weighted by Gasteiger charge is -2.48. The highest BCUT2D eigenvalue weighted by Crippen LogP contribution is 2.42. The van der Waals surface area contributed by atoms with Crippen LogP contribution in [-0.2, 0) is 11.3 Å². The predicted octanol–water partition coefficient (Wildman–Crippen LogP) is 2.67. The van der Waals surface area contributed by atoms with E-state index in [1.54, 1.807) is 0 Å². The molecule has 6 nitrogen and oxygen atoms in total. The molecule has 1 N–H and O–H groups in total. The highest BCUT2D eigenvalue weighted by Gasteiger charge is 2.45. The van der Waals surface area contributed by atoms with Gasteiger partial charge in [0.05, 0.1) is 0 Å². The molecule has 1 aliphatic carbocycles. The quantitative estimate of drug-likeness (QED) is 0.848. The molecule has 3 heterocycles. The first-order valence-electron chi connectivity index (χ1n) is 10.2.